The van der Waals surface area contributed by atoms with Gasteiger partial charge >= 0.3 is 0 Å². The van der Waals surface area contributed by atoms with Crippen LogP contribution in [0.25, 0.3) is 0 Å². The maximum atomic E-state index is 14.4. The van der Waals surface area contributed by atoms with Gasteiger partial charge in [-0.25, -0.2) is 0 Å². The summed E-state index contributed by atoms with van der Waals surface area (Å²) in [5, 5.41) is 5.95. The molecule has 0 N–H and O–H groups in total. The van der Waals surface area contributed by atoms with Gasteiger partial charge in [0.25, 0.3) is 5.91 Å². The monoisotopic (exact) mass is 473 g/mol. The fraction of sp³-hybridized carbons (Fsp3) is 0.448. The molecule has 4 nitrogen and oxygen atoms in total. The van der Waals surface area contributed by atoms with E-state index in [1.54, 1.807) is 0 Å². The molecule has 0 unspecified atom stereocenters. The molecule has 3 aromatic rings. The molecule has 1 amide bonds. The van der Waals surface area contributed by atoms with Crippen molar-refractivity contribution in [3.05, 3.63) is 72.6 Å². The summed E-state index contributed by atoms with van der Waals surface area (Å²) in [5.41, 5.74) is 4.03. The van der Waals surface area contributed by atoms with E-state index in [0.29, 0.717) is 0 Å². The number of rotatable bonds is 6. The van der Waals surface area contributed by atoms with E-state index in [0.717, 1.165) is 28.4 Å². The van der Waals surface area contributed by atoms with Crippen molar-refractivity contribution in [2.45, 2.75) is 75.5 Å². The summed E-state index contributed by atoms with van der Waals surface area (Å²) in [6, 6.07) is 20.1. The third-order valence-electron chi connectivity index (χ3n) is 7.57. The van der Waals surface area contributed by atoms with Gasteiger partial charge in [0.2, 0.25) is 0 Å². The van der Waals surface area contributed by atoms with Gasteiger partial charge in [0.05, 0.1) is 6.20 Å². The Balaban J connectivity index is 1.58. The van der Waals surface area contributed by atoms with Crippen LogP contribution < -0.4 is 10.2 Å². The molecule has 0 aliphatic heterocycles. The summed E-state index contributed by atoms with van der Waals surface area (Å²) in [6.07, 6.45) is 15.4. The van der Waals surface area contributed by atoms with E-state index in [1.165, 1.54) is 69.5 Å². The number of nitrogens with zero attached hydrogens (tertiary/aromatic N) is 3. The van der Waals surface area contributed by atoms with Gasteiger partial charge in [-0.05, 0) is 61.3 Å². The first-order valence-corrected chi connectivity index (χ1v) is 14.5. The number of carbonyl (C=O) groups excluding carboxylic acids is 1. The van der Waals surface area contributed by atoms with Crippen molar-refractivity contribution >= 4 is 30.5 Å². The SMILES string of the molecule is Cn1ncc(P(C2CCCCC2)C2CCCCC2)c1C(=O)N(c1ccccc1)c1ccccc1. The van der Waals surface area contributed by atoms with Gasteiger partial charge in [-0.15, -0.1) is 0 Å². The van der Waals surface area contributed by atoms with Crippen molar-refractivity contribution in [1.29, 1.82) is 0 Å². The molecule has 2 fully saturated rings. The lowest BCUT2D eigenvalue weighted by Crippen LogP contribution is -2.34. The zero-order valence-corrected chi connectivity index (χ0v) is 21.2. The van der Waals surface area contributed by atoms with Crippen molar-refractivity contribution in [2.75, 3.05) is 4.90 Å². The van der Waals surface area contributed by atoms with Crippen LogP contribution >= 0.6 is 7.92 Å². The van der Waals surface area contributed by atoms with E-state index < -0.39 is 7.92 Å². The highest BCUT2D eigenvalue weighted by Crippen LogP contribution is 2.55. The Morgan fingerprint density at radius 1 is 0.794 bits per heavy atom. The standard InChI is InChI=1S/C29H36N3OP/c1-31-28(29(33)32(23-14-6-2-7-15-23)24-16-8-3-9-17-24)27(22-30-31)34(25-18-10-4-11-19-25)26-20-12-5-13-21-26/h2-3,6-9,14-17,22,25-26H,4-5,10-13,18-21H2,1H3. The van der Waals surface area contributed by atoms with Crippen molar-refractivity contribution in [3.8, 4) is 0 Å². The second kappa shape index (κ2) is 10.9. The summed E-state index contributed by atoms with van der Waals surface area (Å²) >= 11 is 0. The predicted octanol–water partition coefficient (Wildman–Crippen LogP) is 7.17. The molecule has 178 valence electrons. The number of carbonyl (C=O) groups is 1. The first kappa shape index (κ1) is 23.3. The zero-order chi connectivity index (χ0) is 23.3. The Labute approximate surface area is 205 Å². The highest BCUT2D eigenvalue weighted by molar-refractivity contribution is 7.67. The minimum Gasteiger partial charge on any atom is -0.276 e. The van der Waals surface area contributed by atoms with E-state index >= 15 is 0 Å². The number of anilines is 2. The molecule has 5 heteroatoms. The molecule has 34 heavy (non-hydrogen) atoms. The van der Waals surface area contributed by atoms with Crippen LogP contribution in [0.3, 0.4) is 0 Å². The highest BCUT2D eigenvalue weighted by Gasteiger charge is 2.37. The number of amides is 1. The van der Waals surface area contributed by atoms with Crippen LogP contribution in [0, 0.1) is 0 Å². The van der Waals surface area contributed by atoms with Crippen LogP contribution in [0.4, 0.5) is 11.4 Å². The highest BCUT2D eigenvalue weighted by atomic mass is 31.1. The van der Waals surface area contributed by atoms with Crippen LogP contribution in [0.5, 0.6) is 0 Å². The van der Waals surface area contributed by atoms with E-state index in [2.05, 4.69) is 6.20 Å². The Kier molecular flexibility index (Phi) is 7.45. The van der Waals surface area contributed by atoms with E-state index in [-0.39, 0.29) is 5.91 Å². The number of para-hydroxylation sites is 2. The van der Waals surface area contributed by atoms with Crippen molar-refractivity contribution in [1.82, 2.24) is 9.78 Å². The molecule has 1 aromatic heterocycles. The Bertz CT molecular complexity index is 1010. The van der Waals surface area contributed by atoms with E-state index in [4.69, 9.17) is 5.10 Å². The number of hydrogen-bond donors (Lipinski definition) is 0. The average Bonchev–Trinajstić information content (AvgIpc) is 3.27. The average molecular weight is 474 g/mol. The number of benzene rings is 2. The Morgan fingerprint density at radius 2 is 1.26 bits per heavy atom. The summed E-state index contributed by atoms with van der Waals surface area (Å²) in [5.74, 6) is 0.0338. The smallest absolute Gasteiger partial charge is 0.276 e. The van der Waals surface area contributed by atoms with E-state index in [1.807, 2.05) is 77.3 Å². The van der Waals surface area contributed by atoms with Gasteiger partial charge in [-0.3, -0.25) is 14.4 Å². The minimum absolute atomic E-state index is 0.0338. The van der Waals surface area contributed by atoms with Crippen LogP contribution in [-0.4, -0.2) is 27.0 Å². The molecular formula is C29H36N3OP. The molecule has 0 bridgehead atoms. The molecule has 1 heterocycles. The molecular weight excluding hydrogens is 437 g/mol. The maximum Gasteiger partial charge on any atom is 0.281 e. The van der Waals surface area contributed by atoms with Gasteiger partial charge in [0, 0.05) is 23.7 Å². The fourth-order valence-electron chi connectivity index (χ4n) is 5.92. The molecule has 2 aromatic carbocycles. The summed E-state index contributed by atoms with van der Waals surface area (Å²) in [4.78, 5) is 16.3. The number of aryl methyl sites for hydroxylation is 1. The van der Waals surface area contributed by atoms with Crippen molar-refractivity contribution in [2.24, 2.45) is 7.05 Å². The lowest BCUT2D eigenvalue weighted by atomic mass is 9.99. The first-order chi connectivity index (χ1) is 16.7. The third-order valence-corrected chi connectivity index (χ3v) is 11.1. The minimum atomic E-state index is -0.418. The Hall–Kier alpha value is -2.45. The lowest BCUT2D eigenvalue weighted by molar-refractivity contribution is 0.0991. The van der Waals surface area contributed by atoms with Gasteiger partial charge in [-0.1, -0.05) is 82.8 Å². The molecule has 0 spiro atoms. The Morgan fingerprint density at radius 3 is 1.74 bits per heavy atom. The normalized spacial score (nSPS) is 17.7. The van der Waals surface area contributed by atoms with Gasteiger partial charge in [-0.2, -0.15) is 5.10 Å². The third kappa shape index (κ3) is 4.84. The van der Waals surface area contributed by atoms with Crippen LogP contribution in [0.15, 0.2) is 66.9 Å². The summed E-state index contributed by atoms with van der Waals surface area (Å²) < 4.78 is 1.84. The van der Waals surface area contributed by atoms with Crippen LogP contribution in [0.1, 0.15) is 74.7 Å². The maximum absolute atomic E-state index is 14.4. The van der Waals surface area contributed by atoms with Gasteiger partial charge in [0.15, 0.2) is 0 Å². The first-order valence-electron chi connectivity index (χ1n) is 13.0. The molecule has 5 rings (SSSR count). The predicted molar refractivity (Wildman–Crippen MR) is 143 cm³/mol. The molecule has 0 atom stereocenters. The van der Waals surface area contributed by atoms with Crippen LogP contribution in [0.2, 0.25) is 0 Å². The number of aromatic nitrogens is 2. The quantitative estimate of drug-likeness (QED) is 0.356. The lowest BCUT2D eigenvalue weighted by Gasteiger charge is -2.38. The summed E-state index contributed by atoms with van der Waals surface area (Å²) in [7, 11) is 1.53. The molecule has 0 radical (unpaired) electrons. The fourth-order valence-corrected chi connectivity index (χ4v) is 9.81. The van der Waals surface area contributed by atoms with E-state index in [9.17, 15) is 4.79 Å². The second-order valence-electron chi connectivity index (χ2n) is 9.80. The molecule has 2 aliphatic carbocycles. The largest absolute Gasteiger partial charge is 0.281 e. The molecule has 0 saturated heterocycles. The van der Waals surface area contributed by atoms with Crippen molar-refractivity contribution in [3.63, 3.8) is 0 Å². The summed E-state index contributed by atoms with van der Waals surface area (Å²) in [6.45, 7) is 0. The molecule has 2 aliphatic rings. The topological polar surface area (TPSA) is 38.1 Å². The van der Waals surface area contributed by atoms with Crippen molar-refractivity contribution < 1.29 is 4.79 Å². The van der Waals surface area contributed by atoms with Gasteiger partial charge < -0.3 is 0 Å². The zero-order valence-electron chi connectivity index (χ0n) is 20.3. The van der Waals surface area contributed by atoms with Gasteiger partial charge in [0.1, 0.15) is 5.69 Å². The molecule has 2 saturated carbocycles. The van der Waals surface area contributed by atoms with Crippen LogP contribution in [-0.2, 0) is 7.05 Å². The number of hydrogen-bond acceptors (Lipinski definition) is 2. The second-order valence-corrected chi connectivity index (χ2v) is 12.6.